The fraction of sp³-hybridized carbons (Fsp3) is 0.125. The molecule has 2 aromatic heterocycles. The molecule has 0 unspecified atom stereocenters. The van der Waals surface area contributed by atoms with Gasteiger partial charge in [0.05, 0.1) is 10.6 Å². The highest BCUT2D eigenvalue weighted by Gasteiger charge is 2.08. The zero-order valence-electron chi connectivity index (χ0n) is 6.84. The molecule has 0 aliphatic rings. The number of rotatable bonds is 2. The van der Waals surface area contributed by atoms with Gasteiger partial charge in [0, 0.05) is 12.7 Å². The highest BCUT2D eigenvalue weighted by Crippen LogP contribution is 2.20. The number of hydrogen-bond acceptors (Lipinski definition) is 5. The van der Waals surface area contributed by atoms with E-state index in [1.807, 2.05) is 18.2 Å². The minimum atomic E-state index is 0.462. The molecule has 0 atom stereocenters. The first-order chi connectivity index (χ1) is 6.42. The Morgan fingerprint density at radius 1 is 1.38 bits per heavy atom. The summed E-state index contributed by atoms with van der Waals surface area (Å²) in [5.41, 5.74) is 7.16. The topological polar surface area (TPSA) is 64.7 Å². The number of nitrogens with two attached hydrogens (primary N) is 1. The fourth-order valence-electron chi connectivity index (χ4n) is 1.04. The van der Waals surface area contributed by atoms with Crippen LogP contribution in [-0.2, 0) is 6.54 Å². The molecule has 0 fully saturated rings. The number of nitrogens with zero attached hydrogens (tertiary/aromatic N) is 3. The monoisotopic (exact) mass is 192 g/mol. The lowest BCUT2D eigenvalue weighted by molar-refractivity contribution is 1.07. The quantitative estimate of drug-likeness (QED) is 0.772. The van der Waals surface area contributed by atoms with E-state index in [0.717, 1.165) is 16.3 Å². The Morgan fingerprint density at radius 3 is 3.00 bits per heavy atom. The minimum Gasteiger partial charge on any atom is -0.326 e. The summed E-state index contributed by atoms with van der Waals surface area (Å²) < 4.78 is 3.84. The van der Waals surface area contributed by atoms with Gasteiger partial charge in [-0.3, -0.25) is 4.98 Å². The Balaban J connectivity index is 2.47. The summed E-state index contributed by atoms with van der Waals surface area (Å²) in [7, 11) is 0. The van der Waals surface area contributed by atoms with Crippen LogP contribution in [0.4, 0.5) is 0 Å². The highest BCUT2D eigenvalue weighted by molar-refractivity contribution is 7.05. The number of hydrogen-bond donors (Lipinski definition) is 1. The van der Waals surface area contributed by atoms with Crippen molar-refractivity contribution in [2.75, 3.05) is 0 Å². The van der Waals surface area contributed by atoms with Crippen molar-refractivity contribution < 1.29 is 0 Å². The first kappa shape index (κ1) is 8.28. The lowest BCUT2D eigenvalue weighted by Crippen LogP contribution is -1.96. The zero-order chi connectivity index (χ0) is 9.10. The van der Waals surface area contributed by atoms with Crippen molar-refractivity contribution in [1.82, 2.24) is 14.6 Å². The molecular weight excluding hydrogens is 184 g/mol. The lowest BCUT2D eigenvalue weighted by atomic mass is 10.2. The summed E-state index contributed by atoms with van der Waals surface area (Å²) in [6.07, 6.45) is 1.73. The molecule has 4 nitrogen and oxygen atoms in total. The lowest BCUT2D eigenvalue weighted by Gasteiger charge is -1.95. The standard InChI is InChI=1S/C8H8N4S/c9-5-7-8(11-12-13-7)6-3-1-2-4-10-6/h1-4H,5,9H2. The van der Waals surface area contributed by atoms with Crippen molar-refractivity contribution >= 4 is 11.5 Å². The Kier molecular flexibility index (Phi) is 2.29. The van der Waals surface area contributed by atoms with Gasteiger partial charge in [-0.2, -0.15) is 0 Å². The maximum atomic E-state index is 5.54. The van der Waals surface area contributed by atoms with Crippen molar-refractivity contribution in [2.24, 2.45) is 5.73 Å². The SMILES string of the molecule is NCc1snnc1-c1ccccn1. The second-order valence-electron chi connectivity index (χ2n) is 2.46. The van der Waals surface area contributed by atoms with Crippen molar-refractivity contribution in [1.29, 1.82) is 0 Å². The van der Waals surface area contributed by atoms with E-state index >= 15 is 0 Å². The third kappa shape index (κ3) is 1.56. The first-order valence-electron chi connectivity index (χ1n) is 3.84. The molecule has 0 amide bonds. The Morgan fingerprint density at radius 2 is 2.31 bits per heavy atom. The molecular formula is C8H8N4S. The molecule has 0 spiro atoms. The van der Waals surface area contributed by atoms with Gasteiger partial charge in [-0.1, -0.05) is 10.6 Å². The van der Waals surface area contributed by atoms with E-state index in [-0.39, 0.29) is 0 Å². The number of pyridine rings is 1. The van der Waals surface area contributed by atoms with E-state index in [1.165, 1.54) is 11.5 Å². The molecule has 5 heteroatoms. The predicted molar refractivity (Wildman–Crippen MR) is 51.0 cm³/mol. The van der Waals surface area contributed by atoms with Gasteiger partial charge in [0.1, 0.15) is 5.69 Å². The van der Waals surface area contributed by atoms with Crippen LogP contribution in [0.15, 0.2) is 24.4 Å². The molecule has 13 heavy (non-hydrogen) atoms. The second-order valence-corrected chi connectivity index (χ2v) is 3.30. The zero-order valence-corrected chi connectivity index (χ0v) is 7.66. The van der Waals surface area contributed by atoms with Crippen LogP contribution in [0.1, 0.15) is 4.88 Å². The maximum Gasteiger partial charge on any atom is 0.128 e. The van der Waals surface area contributed by atoms with Crippen LogP contribution in [0.25, 0.3) is 11.4 Å². The van der Waals surface area contributed by atoms with Gasteiger partial charge in [-0.15, -0.1) is 5.10 Å². The third-order valence-corrected chi connectivity index (χ3v) is 2.39. The van der Waals surface area contributed by atoms with E-state index in [2.05, 4.69) is 14.6 Å². The summed E-state index contributed by atoms with van der Waals surface area (Å²) in [5.74, 6) is 0. The molecule has 2 N–H and O–H groups in total. The Bertz CT molecular complexity index is 384. The van der Waals surface area contributed by atoms with E-state index in [0.29, 0.717) is 6.54 Å². The van der Waals surface area contributed by atoms with Crippen molar-refractivity contribution in [3.63, 3.8) is 0 Å². The fourth-order valence-corrected chi connectivity index (χ4v) is 1.57. The van der Waals surface area contributed by atoms with E-state index in [9.17, 15) is 0 Å². The van der Waals surface area contributed by atoms with Gasteiger partial charge in [0.15, 0.2) is 0 Å². The van der Waals surface area contributed by atoms with Crippen LogP contribution < -0.4 is 5.73 Å². The van der Waals surface area contributed by atoms with Crippen LogP contribution >= 0.6 is 11.5 Å². The third-order valence-electron chi connectivity index (χ3n) is 1.65. The molecule has 2 rings (SSSR count). The van der Waals surface area contributed by atoms with Gasteiger partial charge in [0.2, 0.25) is 0 Å². The highest BCUT2D eigenvalue weighted by atomic mass is 32.1. The molecule has 2 aromatic rings. The summed E-state index contributed by atoms with van der Waals surface area (Å²) >= 11 is 1.32. The van der Waals surface area contributed by atoms with Gasteiger partial charge < -0.3 is 5.73 Å². The van der Waals surface area contributed by atoms with Crippen LogP contribution in [0.3, 0.4) is 0 Å². The van der Waals surface area contributed by atoms with Crippen molar-refractivity contribution in [3.8, 4) is 11.4 Å². The molecule has 0 saturated heterocycles. The smallest absolute Gasteiger partial charge is 0.128 e. The number of aromatic nitrogens is 3. The van der Waals surface area contributed by atoms with Gasteiger partial charge in [0.25, 0.3) is 0 Å². The predicted octanol–water partition coefficient (Wildman–Crippen LogP) is 1.06. The second kappa shape index (κ2) is 3.59. The summed E-state index contributed by atoms with van der Waals surface area (Å²) in [6.45, 7) is 0.462. The van der Waals surface area contributed by atoms with Crippen molar-refractivity contribution in [2.45, 2.75) is 6.54 Å². The molecule has 0 aliphatic heterocycles. The van der Waals surface area contributed by atoms with E-state index in [4.69, 9.17) is 5.73 Å². The first-order valence-corrected chi connectivity index (χ1v) is 4.62. The molecule has 0 aromatic carbocycles. The molecule has 0 radical (unpaired) electrons. The van der Waals surface area contributed by atoms with Crippen LogP contribution in [0.5, 0.6) is 0 Å². The molecule has 2 heterocycles. The largest absolute Gasteiger partial charge is 0.326 e. The van der Waals surface area contributed by atoms with Crippen LogP contribution in [0.2, 0.25) is 0 Å². The molecule has 0 bridgehead atoms. The Labute approximate surface area is 79.6 Å². The average molecular weight is 192 g/mol. The van der Waals surface area contributed by atoms with Crippen molar-refractivity contribution in [3.05, 3.63) is 29.3 Å². The summed E-state index contributed by atoms with van der Waals surface area (Å²) in [5, 5.41) is 3.98. The minimum absolute atomic E-state index is 0.462. The van der Waals surface area contributed by atoms with Gasteiger partial charge in [-0.05, 0) is 23.7 Å². The van der Waals surface area contributed by atoms with Gasteiger partial charge in [-0.25, -0.2) is 0 Å². The van der Waals surface area contributed by atoms with Gasteiger partial charge >= 0.3 is 0 Å². The summed E-state index contributed by atoms with van der Waals surface area (Å²) in [4.78, 5) is 5.15. The molecule has 0 aliphatic carbocycles. The normalized spacial score (nSPS) is 10.2. The Hall–Kier alpha value is -1.33. The molecule has 0 saturated carbocycles. The molecule has 66 valence electrons. The van der Waals surface area contributed by atoms with Crippen LogP contribution in [-0.4, -0.2) is 14.6 Å². The summed E-state index contributed by atoms with van der Waals surface area (Å²) in [6, 6.07) is 5.68. The maximum absolute atomic E-state index is 5.54. The average Bonchev–Trinajstić information content (AvgIpc) is 2.67. The van der Waals surface area contributed by atoms with E-state index < -0.39 is 0 Å². The van der Waals surface area contributed by atoms with E-state index in [1.54, 1.807) is 6.20 Å². The van der Waals surface area contributed by atoms with Crippen LogP contribution in [0, 0.1) is 0 Å².